The van der Waals surface area contributed by atoms with Gasteiger partial charge in [-0.1, -0.05) is 73.3 Å². The van der Waals surface area contributed by atoms with Crippen LogP contribution in [0.15, 0.2) is 85.7 Å². The molecule has 1 aliphatic rings. The van der Waals surface area contributed by atoms with Crippen molar-refractivity contribution in [1.29, 1.82) is 0 Å². The molecule has 0 saturated carbocycles. The van der Waals surface area contributed by atoms with E-state index in [1.54, 1.807) is 6.08 Å². The molecule has 5 nitrogen and oxygen atoms in total. The Balaban J connectivity index is 0.000000217. The van der Waals surface area contributed by atoms with Crippen molar-refractivity contribution in [1.82, 2.24) is 4.90 Å². The van der Waals surface area contributed by atoms with Crippen molar-refractivity contribution in [2.24, 2.45) is 0 Å². The zero-order valence-corrected chi connectivity index (χ0v) is 15.9. The molecule has 1 heterocycles. The molecule has 0 aliphatic carbocycles. The first-order chi connectivity index (χ1) is 13.4. The summed E-state index contributed by atoms with van der Waals surface area (Å²) >= 11 is 0. The molecule has 0 fully saturated rings. The van der Waals surface area contributed by atoms with Crippen LogP contribution in [0.3, 0.4) is 0 Å². The highest BCUT2D eigenvalue weighted by atomic mass is 16.5. The predicted molar refractivity (Wildman–Crippen MR) is 111 cm³/mol. The Hall–Kier alpha value is -3.73. The molecule has 2 amide bonds. The topological polar surface area (TPSA) is 63.7 Å². The highest BCUT2D eigenvalue weighted by Crippen LogP contribution is 2.00. The fourth-order valence-electron chi connectivity index (χ4n) is 1.84. The molecule has 2 aromatic rings. The third kappa shape index (κ3) is 9.10. The van der Waals surface area contributed by atoms with Crippen molar-refractivity contribution in [2.75, 3.05) is 7.05 Å². The lowest BCUT2D eigenvalue weighted by atomic mass is 10.2. The van der Waals surface area contributed by atoms with Crippen LogP contribution in [0.1, 0.15) is 18.1 Å². The second kappa shape index (κ2) is 12.6. The van der Waals surface area contributed by atoms with Gasteiger partial charge in [0.2, 0.25) is 0 Å². The first-order valence-electron chi connectivity index (χ1n) is 8.50. The average molecular weight is 377 g/mol. The van der Waals surface area contributed by atoms with Crippen LogP contribution in [0.4, 0.5) is 0 Å². The van der Waals surface area contributed by atoms with Gasteiger partial charge in [0.1, 0.15) is 0 Å². The lowest BCUT2D eigenvalue weighted by Crippen LogP contribution is -2.24. The Kier molecular flexibility index (Phi) is 10.0. The molecule has 1 aliphatic heterocycles. The summed E-state index contributed by atoms with van der Waals surface area (Å²) in [6.45, 7) is 5.00. The van der Waals surface area contributed by atoms with Crippen molar-refractivity contribution < 1.29 is 19.1 Å². The Bertz CT molecular complexity index is 821. The summed E-state index contributed by atoms with van der Waals surface area (Å²) in [5, 5.41) is 0. The molecule has 0 radical (unpaired) electrons. The van der Waals surface area contributed by atoms with Crippen LogP contribution in [0.5, 0.6) is 0 Å². The van der Waals surface area contributed by atoms with E-state index >= 15 is 0 Å². The van der Waals surface area contributed by atoms with Crippen LogP contribution in [-0.4, -0.2) is 29.7 Å². The lowest BCUT2D eigenvalue weighted by Gasteiger charge is -2.01. The Morgan fingerprint density at radius 1 is 0.893 bits per heavy atom. The molecule has 0 bridgehead atoms. The van der Waals surface area contributed by atoms with Crippen LogP contribution >= 0.6 is 0 Å². The van der Waals surface area contributed by atoms with Crippen molar-refractivity contribution in [3.63, 3.8) is 0 Å². The molecule has 0 unspecified atom stereocenters. The maximum atomic E-state index is 10.4. The number of nitrogens with zero attached hydrogens (tertiary/aromatic N) is 1. The number of esters is 1. The minimum atomic E-state index is -0.304. The fraction of sp³-hybridized carbons (Fsp3) is 0.0870. The van der Waals surface area contributed by atoms with E-state index in [1.807, 2.05) is 66.7 Å². The zero-order valence-electron chi connectivity index (χ0n) is 15.9. The Labute approximate surface area is 165 Å². The molecule has 0 N–H and O–H groups in total. The molecule has 0 saturated heterocycles. The van der Waals surface area contributed by atoms with E-state index in [0.717, 1.165) is 10.5 Å². The number of imide groups is 1. The number of ether oxygens (including phenoxy) is 1. The number of benzene rings is 2. The van der Waals surface area contributed by atoms with Gasteiger partial charge in [-0.15, -0.1) is 0 Å². The van der Waals surface area contributed by atoms with E-state index in [0.29, 0.717) is 0 Å². The lowest BCUT2D eigenvalue weighted by molar-refractivity contribution is -0.136. The zero-order chi connectivity index (χ0) is 20.8. The van der Waals surface area contributed by atoms with Gasteiger partial charge in [-0.05, 0) is 17.2 Å². The van der Waals surface area contributed by atoms with Crippen LogP contribution < -0.4 is 0 Å². The average Bonchev–Trinajstić information content (AvgIpc) is 3.01. The summed E-state index contributed by atoms with van der Waals surface area (Å²) in [4.78, 5) is 32.2. The maximum Gasteiger partial charge on any atom is 0.307 e. The highest BCUT2D eigenvalue weighted by molar-refractivity contribution is 6.12. The molecule has 5 heteroatoms. The van der Waals surface area contributed by atoms with Gasteiger partial charge < -0.3 is 4.74 Å². The van der Waals surface area contributed by atoms with Gasteiger partial charge in [-0.25, -0.2) is 0 Å². The maximum absolute atomic E-state index is 10.4. The predicted octanol–water partition coefficient (Wildman–Crippen LogP) is 4.09. The molecule has 3 rings (SSSR count). The molecular formula is C23H23NO4. The number of carbonyl (C=O) groups excluding carboxylic acids is 3. The van der Waals surface area contributed by atoms with Gasteiger partial charge in [0.05, 0.1) is 6.26 Å². The van der Waals surface area contributed by atoms with Gasteiger partial charge in [0.15, 0.2) is 0 Å². The first-order valence-corrected chi connectivity index (χ1v) is 8.50. The van der Waals surface area contributed by atoms with Crippen molar-refractivity contribution in [3.05, 3.63) is 96.8 Å². The van der Waals surface area contributed by atoms with E-state index in [1.165, 1.54) is 37.9 Å². The molecule has 0 atom stereocenters. The van der Waals surface area contributed by atoms with Gasteiger partial charge in [-0.2, -0.15) is 0 Å². The van der Waals surface area contributed by atoms with Crippen LogP contribution in [0, 0.1) is 0 Å². The largest absolute Gasteiger partial charge is 0.435 e. The first kappa shape index (κ1) is 22.3. The van der Waals surface area contributed by atoms with E-state index in [9.17, 15) is 14.4 Å². The molecule has 0 aromatic heterocycles. The van der Waals surface area contributed by atoms with Crippen molar-refractivity contribution >= 4 is 29.9 Å². The summed E-state index contributed by atoms with van der Waals surface area (Å²) in [5.74, 6) is -0.785. The molecule has 2 aromatic carbocycles. The normalized spacial score (nSPS) is 12.0. The van der Waals surface area contributed by atoms with Gasteiger partial charge in [0, 0.05) is 26.1 Å². The smallest absolute Gasteiger partial charge is 0.307 e. The van der Waals surface area contributed by atoms with Crippen molar-refractivity contribution in [3.8, 4) is 0 Å². The highest BCUT2D eigenvalue weighted by Gasteiger charge is 2.17. The summed E-state index contributed by atoms with van der Waals surface area (Å²) in [5.41, 5.74) is 2.19. The van der Waals surface area contributed by atoms with Crippen LogP contribution in [0.25, 0.3) is 12.2 Å². The van der Waals surface area contributed by atoms with Gasteiger partial charge in [0.25, 0.3) is 11.8 Å². The molecular weight excluding hydrogens is 354 g/mol. The second-order valence-electron chi connectivity index (χ2n) is 5.51. The Morgan fingerprint density at radius 2 is 1.36 bits per heavy atom. The third-order valence-corrected chi connectivity index (χ3v) is 3.36. The summed E-state index contributed by atoms with van der Waals surface area (Å²) < 4.78 is 4.63. The summed E-state index contributed by atoms with van der Waals surface area (Å²) in [6.07, 6.45) is 7.46. The van der Waals surface area contributed by atoms with Gasteiger partial charge >= 0.3 is 5.97 Å². The summed E-state index contributed by atoms with van der Waals surface area (Å²) in [7, 11) is 1.45. The summed E-state index contributed by atoms with van der Waals surface area (Å²) in [6, 6.07) is 19.7. The number of amides is 2. The SMILES string of the molecule is C=Cc1ccccc1.CC(=O)OC=Cc1ccccc1.CN1C(=O)C=CC1=O. The number of rotatable bonds is 3. The van der Waals surface area contributed by atoms with Gasteiger partial charge in [-0.3, -0.25) is 19.3 Å². The molecule has 0 spiro atoms. The third-order valence-electron chi connectivity index (χ3n) is 3.36. The quantitative estimate of drug-likeness (QED) is 0.459. The van der Waals surface area contributed by atoms with Crippen LogP contribution in [-0.2, 0) is 19.1 Å². The standard InChI is InChI=1S/C10H10O2.C8H8.C5H5NO2/c1-9(11)12-8-7-10-5-3-2-4-6-10;1-2-8-6-4-3-5-7-8;1-6-4(7)2-3-5(6)8/h2-8H,1H3;2-7H,1H2;2-3H,1H3. The number of carbonyl (C=O) groups is 3. The minimum absolute atomic E-state index is 0.241. The van der Waals surface area contributed by atoms with Crippen molar-refractivity contribution in [2.45, 2.75) is 6.92 Å². The molecule has 144 valence electrons. The fourth-order valence-corrected chi connectivity index (χ4v) is 1.84. The van der Waals surface area contributed by atoms with E-state index in [2.05, 4.69) is 11.3 Å². The monoisotopic (exact) mass is 377 g/mol. The second-order valence-corrected chi connectivity index (χ2v) is 5.51. The molecule has 28 heavy (non-hydrogen) atoms. The van der Waals surface area contributed by atoms with E-state index in [-0.39, 0.29) is 17.8 Å². The minimum Gasteiger partial charge on any atom is -0.435 e. The van der Waals surface area contributed by atoms with Crippen LogP contribution in [0.2, 0.25) is 0 Å². The Morgan fingerprint density at radius 3 is 1.68 bits per heavy atom. The number of likely N-dealkylation sites (N-methyl/N-ethyl adjacent to an activating group) is 1. The van der Waals surface area contributed by atoms with E-state index in [4.69, 9.17) is 0 Å². The number of hydrogen-bond donors (Lipinski definition) is 0. The number of hydrogen-bond acceptors (Lipinski definition) is 4. The van der Waals surface area contributed by atoms with E-state index < -0.39 is 0 Å².